The maximum absolute atomic E-state index is 10.0. The van der Waals surface area contributed by atoms with Gasteiger partial charge in [-0.05, 0) is 43.7 Å². The highest BCUT2D eigenvalue weighted by atomic mass is 35.5. The Morgan fingerprint density at radius 3 is 2.72 bits per heavy atom. The monoisotopic (exact) mass is 287 g/mol. The average molecular weight is 288 g/mol. The zero-order chi connectivity index (χ0) is 13.1. The highest BCUT2D eigenvalue weighted by Crippen LogP contribution is 2.26. The molecule has 0 aromatic heterocycles. The summed E-state index contributed by atoms with van der Waals surface area (Å²) in [7, 11) is 2.04. The van der Waals surface area contributed by atoms with E-state index in [0.717, 1.165) is 36.4 Å². The zero-order valence-electron chi connectivity index (χ0n) is 10.6. The normalized spacial score (nSPS) is 24.5. The summed E-state index contributed by atoms with van der Waals surface area (Å²) in [6.07, 6.45) is 4.05. The topological polar surface area (TPSA) is 23.5 Å². The van der Waals surface area contributed by atoms with Gasteiger partial charge >= 0.3 is 0 Å². The molecule has 1 saturated carbocycles. The van der Waals surface area contributed by atoms with Crippen LogP contribution in [-0.2, 0) is 6.54 Å². The number of benzene rings is 1. The van der Waals surface area contributed by atoms with Crippen LogP contribution >= 0.6 is 23.2 Å². The molecule has 1 aliphatic carbocycles. The molecule has 0 bridgehead atoms. The quantitative estimate of drug-likeness (QED) is 0.916. The van der Waals surface area contributed by atoms with Crippen LogP contribution in [0.4, 0.5) is 0 Å². The van der Waals surface area contributed by atoms with E-state index in [2.05, 4.69) is 4.90 Å². The Labute approximate surface area is 119 Å². The summed E-state index contributed by atoms with van der Waals surface area (Å²) in [6, 6.07) is 5.75. The SMILES string of the molecule is CN(Cc1cc(Cl)ccc1Cl)C1CCCCC1O. The Balaban J connectivity index is 2.05. The summed E-state index contributed by atoms with van der Waals surface area (Å²) in [4.78, 5) is 2.18. The van der Waals surface area contributed by atoms with Gasteiger partial charge in [0.05, 0.1) is 6.10 Å². The molecule has 1 aromatic carbocycles. The van der Waals surface area contributed by atoms with E-state index in [-0.39, 0.29) is 12.1 Å². The van der Waals surface area contributed by atoms with E-state index in [4.69, 9.17) is 23.2 Å². The van der Waals surface area contributed by atoms with Crippen molar-refractivity contribution in [3.8, 4) is 0 Å². The van der Waals surface area contributed by atoms with Crippen LogP contribution < -0.4 is 0 Å². The third-order valence-corrected chi connectivity index (χ3v) is 4.29. The van der Waals surface area contributed by atoms with Crippen LogP contribution in [0.25, 0.3) is 0 Å². The number of aliphatic hydroxyl groups is 1. The zero-order valence-corrected chi connectivity index (χ0v) is 12.1. The van der Waals surface area contributed by atoms with Gasteiger partial charge in [-0.1, -0.05) is 36.0 Å². The van der Waals surface area contributed by atoms with Crippen molar-refractivity contribution in [2.75, 3.05) is 7.05 Å². The van der Waals surface area contributed by atoms with Crippen molar-refractivity contribution in [3.63, 3.8) is 0 Å². The van der Waals surface area contributed by atoms with E-state index in [1.54, 1.807) is 6.07 Å². The van der Waals surface area contributed by atoms with E-state index in [0.29, 0.717) is 5.02 Å². The molecule has 0 spiro atoms. The molecule has 1 aliphatic rings. The molecule has 1 aromatic rings. The Bertz CT molecular complexity index is 411. The van der Waals surface area contributed by atoms with Crippen LogP contribution in [0.3, 0.4) is 0 Å². The van der Waals surface area contributed by atoms with Crippen LogP contribution in [0.15, 0.2) is 18.2 Å². The van der Waals surface area contributed by atoms with Crippen LogP contribution in [0.5, 0.6) is 0 Å². The number of nitrogens with zero attached hydrogens (tertiary/aromatic N) is 1. The van der Waals surface area contributed by atoms with Crippen molar-refractivity contribution >= 4 is 23.2 Å². The van der Waals surface area contributed by atoms with Crippen molar-refractivity contribution in [1.82, 2.24) is 4.90 Å². The summed E-state index contributed by atoms with van der Waals surface area (Å²) < 4.78 is 0. The van der Waals surface area contributed by atoms with Gasteiger partial charge in [0.15, 0.2) is 0 Å². The number of halogens is 2. The number of hydrogen-bond donors (Lipinski definition) is 1. The minimum absolute atomic E-state index is 0.221. The second kappa shape index (κ2) is 6.25. The molecule has 18 heavy (non-hydrogen) atoms. The standard InChI is InChI=1S/C14H19Cl2NO/c1-17(13-4-2-3-5-14(13)18)9-10-8-11(15)6-7-12(10)16/h6-8,13-14,18H,2-5,9H2,1H3. The summed E-state index contributed by atoms with van der Waals surface area (Å²) in [5.74, 6) is 0. The van der Waals surface area contributed by atoms with E-state index < -0.39 is 0 Å². The van der Waals surface area contributed by atoms with E-state index >= 15 is 0 Å². The molecule has 0 heterocycles. The van der Waals surface area contributed by atoms with Crippen molar-refractivity contribution in [2.24, 2.45) is 0 Å². The highest BCUT2D eigenvalue weighted by molar-refractivity contribution is 6.33. The fourth-order valence-corrected chi connectivity index (χ4v) is 3.03. The van der Waals surface area contributed by atoms with Gasteiger partial charge in [-0.3, -0.25) is 4.90 Å². The van der Waals surface area contributed by atoms with Gasteiger partial charge in [0.2, 0.25) is 0 Å². The van der Waals surface area contributed by atoms with E-state index in [9.17, 15) is 5.11 Å². The number of aliphatic hydroxyl groups excluding tert-OH is 1. The van der Waals surface area contributed by atoms with Crippen LogP contribution in [0.2, 0.25) is 10.0 Å². The maximum atomic E-state index is 10.0. The Kier molecular flexibility index (Phi) is 4.91. The molecule has 0 radical (unpaired) electrons. The first-order valence-corrected chi connectivity index (χ1v) is 7.16. The van der Waals surface area contributed by atoms with Crippen LogP contribution in [0, 0.1) is 0 Å². The van der Waals surface area contributed by atoms with E-state index in [1.165, 1.54) is 6.42 Å². The van der Waals surface area contributed by atoms with Gasteiger partial charge in [0.1, 0.15) is 0 Å². The van der Waals surface area contributed by atoms with Gasteiger partial charge in [0, 0.05) is 22.6 Å². The van der Waals surface area contributed by atoms with Crippen molar-refractivity contribution in [3.05, 3.63) is 33.8 Å². The molecule has 2 unspecified atom stereocenters. The molecule has 2 nitrogen and oxygen atoms in total. The second-order valence-corrected chi connectivity index (χ2v) is 5.91. The Morgan fingerprint density at radius 1 is 1.28 bits per heavy atom. The number of hydrogen-bond acceptors (Lipinski definition) is 2. The number of rotatable bonds is 3. The predicted octanol–water partition coefficient (Wildman–Crippen LogP) is 3.73. The second-order valence-electron chi connectivity index (χ2n) is 5.07. The summed E-state index contributed by atoms with van der Waals surface area (Å²) in [6.45, 7) is 0.723. The molecule has 2 rings (SSSR count). The lowest BCUT2D eigenvalue weighted by atomic mass is 9.91. The molecule has 1 N–H and O–H groups in total. The van der Waals surface area contributed by atoms with Gasteiger partial charge < -0.3 is 5.11 Å². The van der Waals surface area contributed by atoms with Gasteiger partial charge in [0.25, 0.3) is 0 Å². The molecular weight excluding hydrogens is 269 g/mol. The molecule has 0 amide bonds. The third kappa shape index (κ3) is 3.39. The average Bonchev–Trinajstić information content (AvgIpc) is 2.34. The number of likely N-dealkylation sites (N-methyl/N-ethyl adjacent to an activating group) is 1. The van der Waals surface area contributed by atoms with Gasteiger partial charge in [-0.15, -0.1) is 0 Å². The summed E-state index contributed by atoms with van der Waals surface area (Å²) in [5.41, 5.74) is 1.02. The lowest BCUT2D eigenvalue weighted by molar-refractivity contribution is 0.0288. The summed E-state index contributed by atoms with van der Waals surface area (Å²) >= 11 is 12.2. The minimum Gasteiger partial charge on any atom is -0.391 e. The fraction of sp³-hybridized carbons (Fsp3) is 0.571. The van der Waals surface area contributed by atoms with Crippen LogP contribution in [0.1, 0.15) is 31.2 Å². The first kappa shape index (κ1) is 14.1. The Hall–Kier alpha value is -0.280. The first-order chi connectivity index (χ1) is 8.58. The lowest BCUT2D eigenvalue weighted by Gasteiger charge is -2.35. The van der Waals surface area contributed by atoms with Crippen molar-refractivity contribution in [2.45, 2.75) is 44.4 Å². The smallest absolute Gasteiger partial charge is 0.0695 e. The van der Waals surface area contributed by atoms with Crippen molar-refractivity contribution < 1.29 is 5.11 Å². The summed E-state index contributed by atoms with van der Waals surface area (Å²) in [5, 5.41) is 11.5. The molecule has 2 atom stereocenters. The maximum Gasteiger partial charge on any atom is 0.0695 e. The molecular formula is C14H19Cl2NO. The Morgan fingerprint density at radius 2 is 2.00 bits per heavy atom. The predicted molar refractivity (Wildman–Crippen MR) is 76.2 cm³/mol. The molecule has 100 valence electrons. The van der Waals surface area contributed by atoms with Crippen LogP contribution in [-0.4, -0.2) is 29.2 Å². The van der Waals surface area contributed by atoms with Gasteiger partial charge in [-0.25, -0.2) is 0 Å². The third-order valence-electron chi connectivity index (χ3n) is 3.69. The highest BCUT2D eigenvalue weighted by Gasteiger charge is 2.26. The van der Waals surface area contributed by atoms with E-state index in [1.807, 2.05) is 19.2 Å². The van der Waals surface area contributed by atoms with Gasteiger partial charge in [-0.2, -0.15) is 0 Å². The largest absolute Gasteiger partial charge is 0.391 e. The molecule has 0 saturated heterocycles. The van der Waals surface area contributed by atoms with Crippen molar-refractivity contribution in [1.29, 1.82) is 0 Å². The molecule has 1 fully saturated rings. The lowest BCUT2D eigenvalue weighted by Crippen LogP contribution is -2.42. The molecule has 0 aliphatic heterocycles. The fourth-order valence-electron chi connectivity index (χ4n) is 2.66. The minimum atomic E-state index is -0.221. The first-order valence-electron chi connectivity index (χ1n) is 6.40. The molecule has 4 heteroatoms.